The van der Waals surface area contributed by atoms with Crippen molar-refractivity contribution in [2.75, 3.05) is 25.0 Å². The first kappa shape index (κ1) is 25.0. The summed E-state index contributed by atoms with van der Waals surface area (Å²) in [4.78, 5) is 27.3. The van der Waals surface area contributed by atoms with Crippen LogP contribution in [-0.2, 0) is 11.2 Å². The molecular weight excluding hydrogens is 469 g/mol. The van der Waals surface area contributed by atoms with Gasteiger partial charge < -0.3 is 25.2 Å². The quantitative estimate of drug-likeness (QED) is 0.384. The molecule has 0 saturated carbocycles. The lowest BCUT2D eigenvalue weighted by Crippen LogP contribution is -2.34. The van der Waals surface area contributed by atoms with Crippen LogP contribution in [0, 0.1) is 5.82 Å². The van der Waals surface area contributed by atoms with Crippen LogP contribution in [0.25, 0.3) is 5.65 Å². The Bertz CT molecular complexity index is 1190. The SMILES string of the molecule is CC(C)(C)OC(=O)NCCOc1ccc(F)c(Cl)c1CCNc1ccn2ncc(C(=O)O)c2n1. The van der Waals surface area contributed by atoms with E-state index in [4.69, 9.17) is 21.1 Å². The molecule has 3 rings (SSSR count). The van der Waals surface area contributed by atoms with E-state index in [2.05, 4.69) is 20.7 Å². The van der Waals surface area contributed by atoms with Crippen LogP contribution in [0.2, 0.25) is 5.02 Å². The van der Waals surface area contributed by atoms with Crippen molar-refractivity contribution in [3.05, 3.63) is 52.6 Å². The molecular formula is C22H25ClFN5O5. The number of ether oxygens (including phenoxy) is 2. The average molecular weight is 494 g/mol. The van der Waals surface area contributed by atoms with Gasteiger partial charge in [-0.1, -0.05) is 11.6 Å². The lowest BCUT2D eigenvalue weighted by molar-refractivity contribution is 0.0519. The summed E-state index contributed by atoms with van der Waals surface area (Å²) in [5.41, 5.74) is 0.0146. The maximum Gasteiger partial charge on any atom is 0.407 e. The van der Waals surface area contributed by atoms with Crippen molar-refractivity contribution in [3.8, 4) is 5.75 Å². The normalized spacial score (nSPS) is 11.3. The van der Waals surface area contributed by atoms with E-state index in [0.717, 1.165) is 0 Å². The molecule has 34 heavy (non-hydrogen) atoms. The van der Waals surface area contributed by atoms with E-state index in [0.29, 0.717) is 30.1 Å². The molecule has 0 aliphatic carbocycles. The van der Waals surface area contributed by atoms with Gasteiger partial charge in [-0.2, -0.15) is 5.10 Å². The van der Waals surface area contributed by atoms with Crippen molar-refractivity contribution in [1.82, 2.24) is 19.9 Å². The molecule has 0 spiro atoms. The average Bonchev–Trinajstić information content (AvgIpc) is 3.17. The Balaban J connectivity index is 1.60. The van der Waals surface area contributed by atoms with Crippen molar-refractivity contribution in [2.45, 2.75) is 32.8 Å². The van der Waals surface area contributed by atoms with Crippen molar-refractivity contribution >= 4 is 35.1 Å². The van der Waals surface area contributed by atoms with Crippen LogP contribution in [0.3, 0.4) is 0 Å². The van der Waals surface area contributed by atoms with Crippen molar-refractivity contribution < 1.29 is 28.6 Å². The summed E-state index contributed by atoms with van der Waals surface area (Å²) in [6.45, 7) is 5.91. The summed E-state index contributed by atoms with van der Waals surface area (Å²) in [6, 6.07) is 4.32. The number of amides is 1. The molecule has 3 N–H and O–H groups in total. The highest BCUT2D eigenvalue weighted by molar-refractivity contribution is 6.31. The second-order valence-corrected chi connectivity index (χ2v) is 8.61. The summed E-state index contributed by atoms with van der Waals surface area (Å²) in [6.07, 6.45) is 2.54. The Morgan fingerprint density at radius 2 is 2.00 bits per heavy atom. The van der Waals surface area contributed by atoms with E-state index < -0.39 is 23.5 Å². The molecule has 2 heterocycles. The first-order valence-electron chi connectivity index (χ1n) is 10.4. The van der Waals surface area contributed by atoms with Gasteiger partial charge >= 0.3 is 12.1 Å². The fraction of sp³-hybridized carbons (Fsp3) is 0.364. The molecule has 0 atom stereocenters. The zero-order chi connectivity index (χ0) is 24.9. The first-order valence-corrected chi connectivity index (χ1v) is 10.8. The Morgan fingerprint density at radius 1 is 1.24 bits per heavy atom. The van der Waals surface area contributed by atoms with Crippen LogP contribution in [0.5, 0.6) is 5.75 Å². The van der Waals surface area contributed by atoms with Gasteiger partial charge in [-0.15, -0.1) is 0 Å². The number of hydrogen-bond acceptors (Lipinski definition) is 7. The number of fused-ring (bicyclic) bond motifs is 1. The molecule has 3 aromatic rings. The minimum Gasteiger partial charge on any atom is -0.491 e. The van der Waals surface area contributed by atoms with E-state index in [1.54, 1.807) is 33.0 Å². The van der Waals surface area contributed by atoms with Gasteiger partial charge in [0, 0.05) is 18.3 Å². The first-order chi connectivity index (χ1) is 16.0. The Labute approximate surface area is 200 Å². The van der Waals surface area contributed by atoms with Crippen LogP contribution in [-0.4, -0.2) is 57.1 Å². The predicted molar refractivity (Wildman–Crippen MR) is 123 cm³/mol. The molecule has 2 aromatic heterocycles. The minimum absolute atomic E-state index is 0.0208. The zero-order valence-corrected chi connectivity index (χ0v) is 19.6. The molecule has 10 nitrogen and oxygen atoms in total. The van der Waals surface area contributed by atoms with E-state index in [-0.39, 0.29) is 29.4 Å². The predicted octanol–water partition coefficient (Wildman–Crippen LogP) is 3.78. The highest BCUT2D eigenvalue weighted by atomic mass is 35.5. The maximum absolute atomic E-state index is 14.1. The number of aromatic nitrogens is 3. The van der Waals surface area contributed by atoms with Crippen molar-refractivity contribution in [3.63, 3.8) is 0 Å². The number of carboxylic acids is 1. The van der Waals surface area contributed by atoms with Crippen LogP contribution in [0.1, 0.15) is 36.7 Å². The number of carboxylic acid groups (broad SMARTS) is 1. The van der Waals surface area contributed by atoms with Gasteiger partial charge in [-0.25, -0.2) is 23.5 Å². The second-order valence-electron chi connectivity index (χ2n) is 8.24. The van der Waals surface area contributed by atoms with Gasteiger partial charge in [-0.3, -0.25) is 0 Å². The molecule has 0 fully saturated rings. The van der Waals surface area contributed by atoms with Gasteiger partial charge in [-0.05, 0) is 45.4 Å². The number of anilines is 1. The summed E-state index contributed by atoms with van der Waals surface area (Å²) < 4.78 is 26.3. The molecule has 0 aliphatic heterocycles. The fourth-order valence-electron chi connectivity index (χ4n) is 3.01. The smallest absolute Gasteiger partial charge is 0.407 e. The number of carbonyl (C=O) groups excluding carboxylic acids is 1. The zero-order valence-electron chi connectivity index (χ0n) is 18.9. The number of nitrogens with one attached hydrogen (secondary N) is 2. The molecule has 0 bridgehead atoms. The second kappa shape index (κ2) is 10.6. The summed E-state index contributed by atoms with van der Waals surface area (Å²) >= 11 is 6.17. The van der Waals surface area contributed by atoms with Gasteiger partial charge in [0.15, 0.2) is 5.65 Å². The molecule has 0 radical (unpaired) electrons. The van der Waals surface area contributed by atoms with Crippen LogP contribution in [0.4, 0.5) is 15.0 Å². The molecule has 0 saturated heterocycles. The van der Waals surface area contributed by atoms with Crippen LogP contribution in [0.15, 0.2) is 30.6 Å². The lowest BCUT2D eigenvalue weighted by atomic mass is 10.1. The summed E-state index contributed by atoms with van der Waals surface area (Å²) in [7, 11) is 0. The van der Waals surface area contributed by atoms with Crippen LogP contribution >= 0.6 is 11.6 Å². The van der Waals surface area contributed by atoms with Gasteiger partial charge in [0.2, 0.25) is 0 Å². The lowest BCUT2D eigenvalue weighted by Gasteiger charge is -2.20. The number of carbonyl (C=O) groups is 2. The Kier molecular flexibility index (Phi) is 7.77. The van der Waals surface area contributed by atoms with Gasteiger partial charge in [0.25, 0.3) is 0 Å². The number of nitrogens with zero attached hydrogens (tertiary/aromatic N) is 3. The summed E-state index contributed by atoms with van der Waals surface area (Å²) in [5, 5.41) is 18.8. The highest BCUT2D eigenvalue weighted by Gasteiger charge is 2.17. The third-order valence-electron chi connectivity index (χ3n) is 4.46. The third kappa shape index (κ3) is 6.47. The number of aromatic carboxylic acids is 1. The number of alkyl carbamates (subject to hydrolysis) is 1. The molecule has 0 aliphatic rings. The Morgan fingerprint density at radius 3 is 2.71 bits per heavy atom. The molecule has 0 unspecified atom stereocenters. The van der Waals surface area contributed by atoms with E-state index in [1.807, 2.05) is 0 Å². The number of rotatable bonds is 9. The number of hydrogen-bond donors (Lipinski definition) is 3. The monoisotopic (exact) mass is 493 g/mol. The molecule has 1 amide bonds. The molecule has 1 aromatic carbocycles. The van der Waals surface area contributed by atoms with E-state index in [1.165, 1.54) is 22.8 Å². The Hall–Kier alpha value is -3.60. The molecule has 182 valence electrons. The van der Waals surface area contributed by atoms with E-state index >= 15 is 0 Å². The van der Waals surface area contributed by atoms with Crippen LogP contribution < -0.4 is 15.4 Å². The van der Waals surface area contributed by atoms with E-state index in [9.17, 15) is 19.1 Å². The topological polar surface area (TPSA) is 127 Å². The van der Waals surface area contributed by atoms with Gasteiger partial charge in [0.05, 0.1) is 17.8 Å². The van der Waals surface area contributed by atoms with Crippen molar-refractivity contribution in [1.29, 1.82) is 0 Å². The third-order valence-corrected chi connectivity index (χ3v) is 4.87. The maximum atomic E-state index is 14.1. The van der Waals surface area contributed by atoms with Crippen molar-refractivity contribution in [2.24, 2.45) is 0 Å². The number of halogens is 2. The summed E-state index contributed by atoms with van der Waals surface area (Å²) in [5.74, 6) is -0.909. The molecule has 12 heteroatoms. The standard InChI is InChI=1S/C22H25ClFN5O5/c1-22(2,3)34-21(32)26-9-11-33-16-5-4-15(24)18(23)13(16)6-8-25-17-7-10-29-19(28-17)14(12-27-29)20(30)31/h4-5,7,10,12H,6,8-9,11H2,1-3H3,(H,25,28)(H,26,32)(H,30,31). The largest absolute Gasteiger partial charge is 0.491 e. The number of benzene rings is 1. The fourth-order valence-corrected chi connectivity index (χ4v) is 3.26. The highest BCUT2D eigenvalue weighted by Crippen LogP contribution is 2.29. The minimum atomic E-state index is -1.13. The van der Waals surface area contributed by atoms with Gasteiger partial charge in [0.1, 0.15) is 35.2 Å².